The second kappa shape index (κ2) is 8.01. The van der Waals surface area contributed by atoms with Crippen molar-refractivity contribution in [1.82, 2.24) is 4.98 Å². The number of aromatic nitrogens is 1. The van der Waals surface area contributed by atoms with Crippen molar-refractivity contribution in [3.8, 4) is 0 Å². The molecule has 1 aliphatic rings. The van der Waals surface area contributed by atoms with Gasteiger partial charge in [0.25, 0.3) is 5.91 Å². The lowest BCUT2D eigenvalue weighted by Gasteiger charge is -2.21. The van der Waals surface area contributed by atoms with E-state index in [1.807, 2.05) is 55.4 Å². The number of benzene rings is 1. The number of pyridine rings is 1. The molecule has 1 fully saturated rings. The van der Waals surface area contributed by atoms with Crippen LogP contribution in [-0.2, 0) is 0 Å². The minimum atomic E-state index is -0.172. The van der Waals surface area contributed by atoms with Crippen molar-refractivity contribution in [1.29, 1.82) is 0 Å². The van der Waals surface area contributed by atoms with E-state index in [1.165, 1.54) is 25.7 Å². The van der Waals surface area contributed by atoms with Gasteiger partial charge in [-0.2, -0.15) is 0 Å². The highest BCUT2D eigenvalue weighted by atomic mass is 16.1. The number of hydrogen-bond acceptors (Lipinski definition) is 4. The summed E-state index contributed by atoms with van der Waals surface area (Å²) in [7, 11) is 3.98. The van der Waals surface area contributed by atoms with E-state index < -0.39 is 0 Å². The first-order valence-electron chi connectivity index (χ1n) is 8.94. The third-order valence-electron chi connectivity index (χ3n) is 4.54. The Bertz CT molecular complexity index is 704. The third-order valence-corrected chi connectivity index (χ3v) is 4.54. The van der Waals surface area contributed by atoms with Crippen LogP contribution in [0, 0.1) is 0 Å². The van der Waals surface area contributed by atoms with Crippen LogP contribution >= 0.6 is 0 Å². The fourth-order valence-corrected chi connectivity index (χ4v) is 3.06. The molecule has 132 valence electrons. The van der Waals surface area contributed by atoms with Gasteiger partial charge >= 0.3 is 0 Å². The van der Waals surface area contributed by atoms with Crippen LogP contribution in [0.1, 0.15) is 36.2 Å². The quantitative estimate of drug-likeness (QED) is 0.922. The zero-order chi connectivity index (χ0) is 17.6. The number of rotatable bonds is 4. The molecule has 0 aliphatic carbocycles. The highest BCUT2D eigenvalue weighted by molar-refractivity contribution is 6.03. The number of nitrogens with zero attached hydrogens (tertiary/aromatic N) is 3. The molecule has 1 aliphatic heterocycles. The first kappa shape index (κ1) is 17.3. The smallest absolute Gasteiger partial charge is 0.274 e. The summed E-state index contributed by atoms with van der Waals surface area (Å²) in [6.45, 7) is 2.04. The Morgan fingerprint density at radius 1 is 1.00 bits per heavy atom. The van der Waals surface area contributed by atoms with E-state index in [9.17, 15) is 4.79 Å². The highest BCUT2D eigenvalue weighted by Gasteiger charge is 2.14. The molecule has 0 radical (unpaired) electrons. The van der Waals surface area contributed by atoms with Crippen LogP contribution in [0.25, 0.3) is 0 Å². The molecule has 1 aromatic carbocycles. The maximum atomic E-state index is 12.5. The van der Waals surface area contributed by atoms with Crippen molar-refractivity contribution >= 4 is 23.1 Å². The van der Waals surface area contributed by atoms with E-state index in [2.05, 4.69) is 15.2 Å². The molecular formula is C20H26N4O. The fraction of sp³-hybridized carbons (Fsp3) is 0.400. The van der Waals surface area contributed by atoms with Crippen molar-refractivity contribution in [2.45, 2.75) is 25.7 Å². The molecule has 0 unspecified atom stereocenters. The monoisotopic (exact) mass is 338 g/mol. The summed E-state index contributed by atoms with van der Waals surface area (Å²) in [5.74, 6) is 0.729. The molecule has 2 aromatic rings. The van der Waals surface area contributed by atoms with Gasteiger partial charge in [0.05, 0.1) is 0 Å². The van der Waals surface area contributed by atoms with Gasteiger partial charge in [0.15, 0.2) is 0 Å². The minimum Gasteiger partial charge on any atom is -0.378 e. The summed E-state index contributed by atoms with van der Waals surface area (Å²) >= 11 is 0. The van der Waals surface area contributed by atoms with Crippen LogP contribution in [0.15, 0.2) is 42.5 Å². The van der Waals surface area contributed by atoms with Gasteiger partial charge in [-0.15, -0.1) is 0 Å². The molecule has 1 aromatic heterocycles. The average molecular weight is 338 g/mol. The summed E-state index contributed by atoms with van der Waals surface area (Å²) in [5, 5.41) is 2.93. The molecule has 3 rings (SSSR count). The molecule has 0 atom stereocenters. The fourth-order valence-electron chi connectivity index (χ4n) is 3.06. The third kappa shape index (κ3) is 4.50. The zero-order valence-corrected chi connectivity index (χ0v) is 15.0. The van der Waals surface area contributed by atoms with Gasteiger partial charge in [0.2, 0.25) is 0 Å². The van der Waals surface area contributed by atoms with Gasteiger partial charge < -0.3 is 15.1 Å². The van der Waals surface area contributed by atoms with Crippen LogP contribution in [0.5, 0.6) is 0 Å². The number of carbonyl (C=O) groups is 1. The van der Waals surface area contributed by atoms with E-state index in [1.54, 1.807) is 6.07 Å². The molecule has 2 heterocycles. The molecule has 0 saturated carbocycles. The van der Waals surface area contributed by atoms with Crippen molar-refractivity contribution < 1.29 is 4.79 Å². The Morgan fingerprint density at radius 3 is 2.32 bits per heavy atom. The lowest BCUT2D eigenvalue weighted by molar-refractivity contribution is 0.102. The molecule has 5 nitrogen and oxygen atoms in total. The van der Waals surface area contributed by atoms with Gasteiger partial charge in [-0.25, -0.2) is 4.98 Å². The molecule has 1 N–H and O–H groups in total. The van der Waals surface area contributed by atoms with E-state index in [4.69, 9.17) is 0 Å². The Hall–Kier alpha value is -2.56. The number of carbonyl (C=O) groups excluding carboxylic acids is 1. The molecule has 0 spiro atoms. The molecule has 0 bridgehead atoms. The second-order valence-electron chi connectivity index (χ2n) is 6.68. The maximum absolute atomic E-state index is 12.5. The summed E-state index contributed by atoms with van der Waals surface area (Å²) in [6.07, 6.45) is 4.94. The first-order chi connectivity index (χ1) is 12.1. The van der Waals surface area contributed by atoms with Crippen LogP contribution in [0.4, 0.5) is 17.2 Å². The SMILES string of the molecule is CN(C)c1ccc(NC(=O)c2cccc(N3CCCCCC3)n2)cc1. The molecule has 1 amide bonds. The molecule has 25 heavy (non-hydrogen) atoms. The van der Waals surface area contributed by atoms with Crippen molar-refractivity contribution in [3.05, 3.63) is 48.2 Å². The van der Waals surface area contributed by atoms with Gasteiger partial charge in [-0.05, 0) is 49.2 Å². The number of amides is 1. The Balaban J connectivity index is 1.70. The predicted octanol–water partition coefficient (Wildman–Crippen LogP) is 3.78. The highest BCUT2D eigenvalue weighted by Crippen LogP contribution is 2.19. The standard InChI is InChI=1S/C20H26N4O/c1-23(2)17-12-10-16(11-13-17)21-20(25)18-8-7-9-19(22-18)24-14-5-3-4-6-15-24/h7-13H,3-6,14-15H2,1-2H3,(H,21,25). The van der Waals surface area contributed by atoms with Gasteiger partial charge in [0.1, 0.15) is 11.5 Å². The Morgan fingerprint density at radius 2 is 1.68 bits per heavy atom. The summed E-state index contributed by atoms with van der Waals surface area (Å²) in [6, 6.07) is 13.5. The lowest BCUT2D eigenvalue weighted by atomic mass is 10.2. The Labute approximate surface area is 149 Å². The van der Waals surface area contributed by atoms with Crippen molar-refractivity contribution in [2.75, 3.05) is 42.3 Å². The largest absolute Gasteiger partial charge is 0.378 e. The van der Waals surface area contributed by atoms with Crippen molar-refractivity contribution in [2.24, 2.45) is 0 Å². The number of anilines is 3. The second-order valence-corrected chi connectivity index (χ2v) is 6.68. The van der Waals surface area contributed by atoms with Gasteiger partial charge in [-0.3, -0.25) is 4.79 Å². The van der Waals surface area contributed by atoms with Crippen LogP contribution in [0.2, 0.25) is 0 Å². The summed E-state index contributed by atoms with van der Waals surface area (Å²) in [5.41, 5.74) is 2.33. The summed E-state index contributed by atoms with van der Waals surface area (Å²) in [4.78, 5) is 21.4. The number of hydrogen-bond donors (Lipinski definition) is 1. The van der Waals surface area contributed by atoms with Gasteiger partial charge in [0, 0.05) is 38.6 Å². The topological polar surface area (TPSA) is 48.5 Å². The molecule has 1 saturated heterocycles. The average Bonchev–Trinajstić information content (AvgIpc) is 2.92. The lowest BCUT2D eigenvalue weighted by Crippen LogP contribution is -2.26. The minimum absolute atomic E-state index is 0.172. The Kier molecular flexibility index (Phi) is 5.53. The normalized spacial score (nSPS) is 14.7. The predicted molar refractivity (Wildman–Crippen MR) is 104 cm³/mol. The maximum Gasteiger partial charge on any atom is 0.274 e. The van der Waals surface area contributed by atoms with Crippen molar-refractivity contribution in [3.63, 3.8) is 0 Å². The number of nitrogens with one attached hydrogen (secondary N) is 1. The van der Waals surface area contributed by atoms with E-state index in [0.717, 1.165) is 30.3 Å². The van der Waals surface area contributed by atoms with Gasteiger partial charge in [-0.1, -0.05) is 18.9 Å². The van der Waals surface area contributed by atoms with E-state index in [0.29, 0.717) is 5.69 Å². The van der Waals surface area contributed by atoms with Crippen LogP contribution in [0.3, 0.4) is 0 Å². The van der Waals surface area contributed by atoms with Crippen LogP contribution in [-0.4, -0.2) is 38.1 Å². The van der Waals surface area contributed by atoms with E-state index in [-0.39, 0.29) is 5.91 Å². The summed E-state index contributed by atoms with van der Waals surface area (Å²) < 4.78 is 0. The molecular weight excluding hydrogens is 312 g/mol. The first-order valence-corrected chi connectivity index (χ1v) is 8.94. The molecule has 5 heteroatoms. The zero-order valence-electron chi connectivity index (χ0n) is 15.0. The van der Waals surface area contributed by atoms with Crippen LogP contribution < -0.4 is 15.1 Å². The van der Waals surface area contributed by atoms with E-state index >= 15 is 0 Å².